The van der Waals surface area contributed by atoms with Crippen LogP contribution in [0.1, 0.15) is 0 Å². The van der Waals surface area contributed by atoms with E-state index in [1.165, 1.54) is 0 Å². The number of nitrogen functional groups attached to an aromatic ring is 1. The zero-order chi connectivity index (χ0) is 11.1. The highest BCUT2D eigenvalue weighted by atomic mass is 79.9. The predicted molar refractivity (Wildman–Crippen MR) is 68.0 cm³/mol. The summed E-state index contributed by atoms with van der Waals surface area (Å²) < 4.78 is 1.05. The molecule has 0 saturated carbocycles. The summed E-state index contributed by atoms with van der Waals surface area (Å²) in [5, 5.41) is 1.14. The molecule has 0 bridgehead atoms. The number of rotatable bonds is 1. The molecule has 0 aliphatic rings. The summed E-state index contributed by atoms with van der Waals surface area (Å²) in [7, 11) is 0. The van der Waals surface area contributed by atoms with Crippen LogP contribution in [-0.2, 0) is 0 Å². The molecule has 0 unspecified atom stereocenters. The molecule has 2 heterocycles. The Bertz CT molecular complexity index is 653. The number of anilines is 1. The number of halogens is 1. The van der Waals surface area contributed by atoms with Gasteiger partial charge in [-0.05, 0) is 18.2 Å². The van der Waals surface area contributed by atoms with E-state index in [2.05, 4.69) is 36.9 Å². The van der Waals surface area contributed by atoms with Crippen molar-refractivity contribution in [3.8, 4) is 11.3 Å². The van der Waals surface area contributed by atoms with Crippen LogP contribution in [-0.4, -0.2) is 15.0 Å². The van der Waals surface area contributed by atoms with Gasteiger partial charge in [-0.1, -0.05) is 15.9 Å². The molecule has 2 aromatic heterocycles. The fraction of sp³-hybridized carbons (Fsp3) is 0. The highest BCUT2D eigenvalue weighted by molar-refractivity contribution is 9.10. The molecule has 0 saturated heterocycles. The molecule has 0 aliphatic carbocycles. The maximum absolute atomic E-state index is 5.57. The number of hydrogen-bond donors (Lipinski definition) is 3. The molecule has 4 N–H and O–H groups in total. The van der Waals surface area contributed by atoms with Crippen molar-refractivity contribution in [2.45, 2.75) is 0 Å². The molecule has 1 aromatic carbocycles. The summed E-state index contributed by atoms with van der Waals surface area (Å²) in [6.45, 7) is 0. The van der Waals surface area contributed by atoms with E-state index in [1.54, 1.807) is 6.20 Å². The summed E-state index contributed by atoms with van der Waals surface area (Å²) in [6.07, 6.45) is 3.68. The summed E-state index contributed by atoms with van der Waals surface area (Å²) in [5.41, 5.74) is 8.65. The normalized spacial score (nSPS) is 11.1. The molecule has 0 radical (unpaired) electrons. The Hall–Kier alpha value is -1.75. The first-order chi connectivity index (χ1) is 7.74. The van der Waals surface area contributed by atoms with E-state index in [9.17, 15) is 0 Å². The number of aromatic nitrogens is 3. The van der Waals surface area contributed by atoms with Crippen molar-refractivity contribution in [2.75, 3.05) is 5.73 Å². The molecular weight excluding hydrogens is 268 g/mol. The Morgan fingerprint density at radius 3 is 2.94 bits per heavy atom. The highest BCUT2D eigenvalue weighted by Gasteiger charge is 2.08. The molecular formula is C11H9BrN4. The van der Waals surface area contributed by atoms with E-state index in [-0.39, 0.29) is 0 Å². The standard InChI is InChI=1S/C11H9BrN4/c12-6-1-2-9-7(3-6)8(4-14-9)10-5-15-11(13)16-10/h1-5,14H,(H3,13,15,16). The topological polar surface area (TPSA) is 70.5 Å². The summed E-state index contributed by atoms with van der Waals surface area (Å²) in [4.78, 5) is 10.2. The number of H-pyrrole nitrogens is 2. The minimum atomic E-state index is 0.430. The van der Waals surface area contributed by atoms with Crippen LogP contribution >= 0.6 is 15.9 Å². The van der Waals surface area contributed by atoms with Gasteiger partial charge in [0.2, 0.25) is 0 Å². The van der Waals surface area contributed by atoms with Crippen molar-refractivity contribution in [1.29, 1.82) is 0 Å². The van der Waals surface area contributed by atoms with E-state index in [0.717, 1.165) is 26.6 Å². The first-order valence-electron chi connectivity index (χ1n) is 4.81. The number of aromatic amines is 2. The van der Waals surface area contributed by atoms with Gasteiger partial charge in [0.25, 0.3) is 0 Å². The van der Waals surface area contributed by atoms with Crippen LogP contribution in [0.25, 0.3) is 22.2 Å². The quantitative estimate of drug-likeness (QED) is 0.640. The van der Waals surface area contributed by atoms with Crippen molar-refractivity contribution >= 4 is 32.8 Å². The van der Waals surface area contributed by atoms with Crippen LogP contribution < -0.4 is 5.73 Å². The molecule has 3 rings (SSSR count). The highest BCUT2D eigenvalue weighted by Crippen LogP contribution is 2.29. The van der Waals surface area contributed by atoms with Crippen LogP contribution in [0.5, 0.6) is 0 Å². The fourth-order valence-corrected chi connectivity index (χ4v) is 2.15. The second-order valence-electron chi connectivity index (χ2n) is 3.57. The first-order valence-corrected chi connectivity index (χ1v) is 5.61. The Kier molecular flexibility index (Phi) is 2.00. The third-order valence-electron chi connectivity index (χ3n) is 2.53. The third-order valence-corrected chi connectivity index (χ3v) is 3.02. The molecule has 4 nitrogen and oxygen atoms in total. The zero-order valence-electron chi connectivity index (χ0n) is 8.29. The van der Waals surface area contributed by atoms with Gasteiger partial charge in [0.1, 0.15) is 0 Å². The number of nitrogens with zero attached hydrogens (tertiary/aromatic N) is 1. The van der Waals surface area contributed by atoms with E-state index in [0.29, 0.717) is 5.95 Å². The lowest BCUT2D eigenvalue weighted by molar-refractivity contribution is 1.33. The number of nitrogens with two attached hydrogens (primary N) is 1. The van der Waals surface area contributed by atoms with Crippen LogP contribution in [0.2, 0.25) is 0 Å². The molecule has 80 valence electrons. The second kappa shape index (κ2) is 3.38. The Balaban J connectivity index is 2.27. The van der Waals surface area contributed by atoms with E-state index in [1.807, 2.05) is 18.3 Å². The first kappa shape index (κ1) is 9.47. The molecule has 5 heteroatoms. The Labute approximate surface area is 100 Å². The predicted octanol–water partition coefficient (Wildman–Crippen LogP) is 2.90. The van der Waals surface area contributed by atoms with Crippen molar-refractivity contribution < 1.29 is 0 Å². The average Bonchev–Trinajstić information content (AvgIpc) is 2.83. The maximum atomic E-state index is 5.57. The van der Waals surface area contributed by atoms with Crippen molar-refractivity contribution in [3.63, 3.8) is 0 Å². The fourth-order valence-electron chi connectivity index (χ4n) is 1.79. The maximum Gasteiger partial charge on any atom is 0.197 e. The minimum absolute atomic E-state index is 0.430. The molecule has 0 amide bonds. The van der Waals surface area contributed by atoms with E-state index in [4.69, 9.17) is 5.73 Å². The molecule has 0 atom stereocenters. The number of hydrogen-bond acceptors (Lipinski definition) is 2. The van der Waals surface area contributed by atoms with Gasteiger partial charge in [-0.2, -0.15) is 0 Å². The van der Waals surface area contributed by atoms with Crippen LogP contribution in [0.15, 0.2) is 35.1 Å². The Morgan fingerprint density at radius 2 is 2.19 bits per heavy atom. The molecule has 16 heavy (non-hydrogen) atoms. The SMILES string of the molecule is Nc1ncc(-c2c[nH]c3ccc(Br)cc23)[nH]1. The lowest BCUT2D eigenvalue weighted by Gasteiger charge is -1.95. The van der Waals surface area contributed by atoms with E-state index >= 15 is 0 Å². The van der Waals surface area contributed by atoms with Crippen LogP contribution in [0.3, 0.4) is 0 Å². The molecule has 0 spiro atoms. The van der Waals surface area contributed by atoms with Crippen LogP contribution in [0.4, 0.5) is 5.95 Å². The van der Waals surface area contributed by atoms with Crippen molar-refractivity contribution in [2.24, 2.45) is 0 Å². The van der Waals surface area contributed by atoms with Gasteiger partial charge < -0.3 is 15.7 Å². The van der Waals surface area contributed by atoms with E-state index < -0.39 is 0 Å². The van der Waals surface area contributed by atoms with Crippen molar-refractivity contribution in [3.05, 3.63) is 35.1 Å². The van der Waals surface area contributed by atoms with Gasteiger partial charge in [-0.15, -0.1) is 0 Å². The van der Waals surface area contributed by atoms with Gasteiger partial charge >= 0.3 is 0 Å². The van der Waals surface area contributed by atoms with Crippen molar-refractivity contribution in [1.82, 2.24) is 15.0 Å². The molecule has 3 aromatic rings. The third kappa shape index (κ3) is 1.40. The minimum Gasteiger partial charge on any atom is -0.369 e. The smallest absolute Gasteiger partial charge is 0.197 e. The summed E-state index contributed by atoms with van der Waals surface area (Å²) in [5.74, 6) is 0.430. The second-order valence-corrected chi connectivity index (χ2v) is 4.49. The molecule has 0 fully saturated rings. The number of nitrogens with one attached hydrogen (secondary N) is 2. The van der Waals surface area contributed by atoms with Gasteiger partial charge in [0.15, 0.2) is 5.95 Å². The van der Waals surface area contributed by atoms with Crippen LogP contribution in [0, 0.1) is 0 Å². The van der Waals surface area contributed by atoms with Gasteiger partial charge in [-0.3, -0.25) is 0 Å². The number of imidazole rings is 1. The average molecular weight is 277 g/mol. The summed E-state index contributed by atoms with van der Waals surface area (Å²) >= 11 is 3.46. The zero-order valence-corrected chi connectivity index (χ0v) is 9.88. The number of benzene rings is 1. The monoisotopic (exact) mass is 276 g/mol. The van der Waals surface area contributed by atoms with Gasteiger partial charge in [-0.25, -0.2) is 4.98 Å². The Morgan fingerprint density at radius 1 is 1.31 bits per heavy atom. The van der Waals surface area contributed by atoms with Gasteiger partial charge in [0, 0.05) is 27.1 Å². The van der Waals surface area contributed by atoms with Gasteiger partial charge in [0.05, 0.1) is 11.9 Å². The molecule has 0 aliphatic heterocycles. The lowest BCUT2D eigenvalue weighted by atomic mass is 10.1. The number of fused-ring (bicyclic) bond motifs is 1. The summed E-state index contributed by atoms with van der Waals surface area (Å²) in [6, 6.07) is 6.10. The largest absolute Gasteiger partial charge is 0.369 e. The lowest BCUT2D eigenvalue weighted by Crippen LogP contribution is -1.85.